The van der Waals surface area contributed by atoms with Gasteiger partial charge in [-0.05, 0) is 36.4 Å². The van der Waals surface area contributed by atoms with Crippen molar-refractivity contribution in [3.05, 3.63) is 69.4 Å². The van der Waals surface area contributed by atoms with Crippen LogP contribution in [0, 0.1) is 0 Å². The molecule has 2 aromatic heterocycles. The molecule has 4 aromatic rings. The number of ether oxygens (including phenoxy) is 3. The fourth-order valence-electron chi connectivity index (χ4n) is 4.41. The van der Waals surface area contributed by atoms with E-state index in [0.717, 1.165) is 6.92 Å². The van der Waals surface area contributed by atoms with E-state index in [0.29, 0.717) is 10.8 Å². The summed E-state index contributed by atoms with van der Waals surface area (Å²) >= 11 is 0. The summed E-state index contributed by atoms with van der Waals surface area (Å²) in [6.07, 6.45) is -7.69. The highest BCUT2D eigenvalue weighted by atomic mass is 16.7. The molecule has 12 heteroatoms. The Morgan fingerprint density at radius 2 is 1.45 bits per heavy atom. The Labute approximate surface area is 212 Å². The molecule has 0 spiro atoms. The molecular weight excluding hydrogens is 504 g/mol. The lowest BCUT2D eigenvalue weighted by Gasteiger charge is -2.41. The van der Waals surface area contributed by atoms with E-state index >= 15 is 0 Å². The van der Waals surface area contributed by atoms with Gasteiger partial charge >= 0.3 is 17.2 Å². The van der Waals surface area contributed by atoms with Gasteiger partial charge in [-0.2, -0.15) is 0 Å². The van der Waals surface area contributed by atoms with Crippen molar-refractivity contribution in [1.82, 2.24) is 0 Å². The summed E-state index contributed by atoms with van der Waals surface area (Å²) in [5.41, 5.74) is -1.56. The predicted molar refractivity (Wildman–Crippen MR) is 130 cm³/mol. The van der Waals surface area contributed by atoms with E-state index < -0.39 is 54.5 Å². The van der Waals surface area contributed by atoms with Crippen LogP contribution in [0.2, 0.25) is 0 Å². The van der Waals surface area contributed by atoms with Crippen molar-refractivity contribution in [2.75, 3.05) is 6.61 Å². The molecule has 0 saturated carbocycles. The highest BCUT2D eigenvalue weighted by Crippen LogP contribution is 2.45. The minimum absolute atomic E-state index is 0.0102. The molecule has 2 aromatic carbocycles. The molecule has 198 valence electrons. The van der Waals surface area contributed by atoms with Crippen molar-refractivity contribution >= 4 is 27.9 Å². The standard InChI is InChI=1S/C26H22O12/c1-11(28)34-25-22(33)21(32)16(10-27)36-26(25)35-15-7-3-13-5-9-18(31)38-24(13)20(15)19-14(29)6-2-12-4-8-17(30)37-23(12)19/h2-9,16,21-22,25-27,29,32-33H,10H2,1H3. The SMILES string of the molecule is CC(=O)OC1C(Oc2ccc3ccc(=O)oc3c2-c2c(O)ccc3ccc(=O)oc23)OC(CO)C(O)C1O. The van der Waals surface area contributed by atoms with Gasteiger partial charge in [-0.1, -0.05) is 0 Å². The van der Waals surface area contributed by atoms with Gasteiger partial charge in [0.2, 0.25) is 6.29 Å². The molecule has 38 heavy (non-hydrogen) atoms. The van der Waals surface area contributed by atoms with Gasteiger partial charge in [0.15, 0.2) is 6.10 Å². The van der Waals surface area contributed by atoms with E-state index in [1.54, 1.807) is 0 Å². The number of hydrogen-bond acceptors (Lipinski definition) is 12. The van der Waals surface area contributed by atoms with Crippen LogP contribution in [0.25, 0.3) is 33.1 Å². The zero-order valence-electron chi connectivity index (χ0n) is 19.8. The first-order chi connectivity index (χ1) is 18.2. The summed E-state index contributed by atoms with van der Waals surface area (Å²) in [5.74, 6) is -1.25. The van der Waals surface area contributed by atoms with E-state index in [4.69, 9.17) is 23.0 Å². The summed E-state index contributed by atoms with van der Waals surface area (Å²) in [7, 11) is 0. The molecule has 1 saturated heterocycles. The summed E-state index contributed by atoms with van der Waals surface area (Å²) in [5, 5.41) is 42.3. The number of aliphatic hydroxyl groups is 3. The van der Waals surface area contributed by atoms with Crippen molar-refractivity contribution in [3.8, 4) is 22.6 Å². The lowest BCUT2D eigenvalue weighted by Crippen LogP contribution is -2.61. The van der Waals surface area contributed by atoms with Crippen LogP contribution in [0.5, 0.6) is 11.5 Å². The second-order valence-corrected chi connectivity index (χ2v) is 8.64. The second-order valence-electron chi connectivity index (χ2n) is 8.64. The van der Waals surface area contributed by atoms with Crippen molar-refractivity contribution in [2.45, 2.75) is 37.6 Å². The third kappa shape index (κ3) is 4.50. The lowest BCUT2D eigenvalue weighted by molar-refractivity contribution is -0.281. The number of hydrogen-bond donors (Lipinski definition) is 4. The zero-order valence-corrected chi connectivity index (χ0v) is 19.8. The van der Waals surface area contributed by atoms with Gasteiger partial charge in [0.25, 0.3) is 0 Å². The molecule has 1 fully saturated rings. The summed E-state index contributed by atoms with van der Waals surface area (Å²) in [4.78, 5) is 36.0. The number of phenols is 1. The van der Waals surface area contributed by atoms with Crippen molar-refractivity contribution in [3.63, 3.8) is 0 Å². The average molecular weight is 526 g/mol. The summed E-state index contributed by atoms with van der Waals surface area (Å²) in [6, 6.07) is 11.2. The molecule has 5 atom stereocenters. The van der Waals surface area contributed by atoms with Crippen LogP contribution in [-0.2, 0) is 14.3 Å². The van der Waals surface area contributed by atoms with Gasteiger partial charge in [-0.15, -0.1) is 0 Å². The van der Waals surface area contributed by atoms with E-state index in [1.807, 2.05) is 0 Å². The van der Waals surface area contributed by atoms with E-state index in [9.17, 15) is 34.8 Å². The maximum Gasteiger partial charge on any atom is 0.336 e. The first-order valence-electron chi connectivity index (χ1n) is 11.5. The molecule has 3 heterocycles. The Hall–Kier alpha value is -4.23. The maximum absolute atomic E-state index is 12.2. The van der Waals surface area contributed by atoms with E-state index in [2.05, 4.69) is 0 Å². The number of aliphatic hydroxyl groups excluding tert-OH is 3. The largest absolute Gasteiger partial charge is 0.507 e. The third-order valence-corrected chi connectivity index (χ3v) is 6.14. The fourth-order valence-corrected chi connectivity index (χ4v) is 4.41. The van der Waals surface area contributed by atoms with Crippen LogP contribution < -0.4 is 16.0 Å². The minimum Gasteiger partial charge on any atom is -0.507 e. The lowest BCUT2D eigenvalue weighted by atomic mass is 9.97. The molecule has 0 aliphatic carbocycles. The Bertz CT molecular complexity index is 1640. The van der Waals surface area contributed by atoms with E-state index in [-0.39, 0.29) is 33.8 Å². The second kappa shape index (κ2) is 9.91. The minimum atomic E-state index is -1.69. The van der Waals surface area contributed by atoms with Gasteiger partial charge in [-0.25, -0.2) is 9.59 Å². The number of carbonyl (C=O) groups is 1. The average Bonchev–Trinajstić information content (AvgIpc) is 2.88. The Morgan fingerprint density at radius 3 is 2.05 bits per heavy atom. The number of aromatic hydroxyl groups is 1. The molecule has 4 N–H and O–H groups in total. The number of rotatable bonds is 5. The van der Waals surface area contributed by atoms with Crippen LogP contribution in [0.15, 0.2) is 67.0 Å². The Morgan fingerprint density at radius 1 is 0.868 bits per heavy atom. The monoisotopic (exact) mass is 526 g/mol. The van der Waals surface area contributed by atoms with Crippen molar-refractivity contribution in [2.24, 2.45) is 0 Å². The van der Waals surface area contributed by atoms with Crippen LogP contribution in [0.3, 0.4) is 0 Å². The van der Waals surface area contributed by atoms with Gasteiger partial charge < -0.3 is 43.5 Å². The first kappa shape index (κ1) is 25.4. The van der Waals surface area contributed by atoms with Gasteiger partial charge in [0.05, 0.1) is 17.7 Å². The van der Waals surface area contributed by atoms with Crippen molar-refractivity contribution < 1.29 is 48.3 Å². The molecule has 0 radical (unpaired) electrons. The van der Waals surface area contributed by atoms with Crippen LogP contribution in [-0.4, -0.2) is 63.7 Å². The highest BCUT2D eigenvalue weighted by Gasteiger charge is 2.48. The number of carbonyl (C=O) groups excluding carboxylic acids is 1. The predicted octanol–water partition coefficient (Wildman–Crippen LogP) is 1.02. The third-order valence-electron chi connectivity index (χ3n) is 6.14. The highest BCUT2D eigenvalue weighted by molar-refractivity contribution is 6.05. The maximum atomic E-state index is 12.2. The Kier molecular flexibility index (Phi) is 6.63. The molecule has 5 rings (SSSR count). The summed E-state index contributed by atoms with van der Waals surface area (Å²) in [6.45, 7) is 0.389. The molecule has 0 bridgehead atoms. The van der Waals surface area contributed by atoms with Gasteiger partial charge in [0.1, 0.15) is 41.0 Å². The van der Waals surface area contributed by atoms with Crippen molar-refractivity contribution in [1.29, 1.82) is 0 Å². The number of phenolic OH excluding ortho intramolecular Hbond substituents is 1. The smallest absolute Gasteiger partial charge is 0.336 e. The first-order valence-corrected chi connectivity index (χ1v) is 11.5. The Balaban J connectivity index is 1.75. The van der Waals surface area contributed by atoms with Crippen LogP contribution in [0.4, 0.5) is 0 Å². The molecule has 12 nitrogen and oxygen atoms in total. The quantitative estimate of drug-likeness (QED) is 0.214. The van der Waals surface area contributed by atoms with Crippen LogP contribution >= 0.6 is 0 Å². The van der Waals surface area contributed by atoms with Gasteiger partial charge in [-0.3, -0.25) is 4.79 Å². The van der Waals surface area contributed by atoms with E-state index in [1.165, 1.54) is 48.5 Å². The number of esters is 1. The molecule has 1 aliphatic rings. The van der Waals surface area contributed by atoms with Crippen LogP contribution in [0.1, 0.15) is 6.92 Å². The molecular formula is C26H22O12. The normalized spacial score (nSPS) is 23.4. The molecule has 0 amide bonds. The fraction of sp³-hybridized carbons (Fsp3) is 0.269. The summed E-state index contributed by atoms with van der Waals surface area (Å²) < 4.78 is 27.6. The molecule has 5 unspecified atom stereocenters. The number of benzene rings is 2. The zero-order chi connectivity index (χ0) is 27.1. The van der Waals surface area contributed by atoms with Gasteiger partial charge in [0, 0.05) is 29.8 Å². The number of fused-ring (bicyclic) bond motifs is 2. The topological polar surface area (TPSA) is 186 Å². The molecule has 1 aliphatic heterocycles.